The molecule has 0 aliphatic carbocycles. The Labute approximate surface area is 63.0 Å². The van der Waals surface area contributed by atoms with Gasteiger partial charge in [-0.05, 0) is 12.3 Å². The van der Waals surface area contributed by atoms with Gasteiger partial charge in [0.25, 0.3) is 0 Å². The maximum Gasteiger partial charge on any atom is 0.0179 e. The fraction of sp³-hybridized carbons (Fsp3) is 0.500. The normalized spacial score (nSPS) is 7.00. The molecule has 0 amide bonds. The molecule has 54 valence electrons. The molecule has 0 aromatic rings. The van der Waals surface area contributed by atoms with Crippen molar-refractivity contribution in [2.24, 2.45) is 0 Å². The minimum Gasteiger partial charge on any atom is -0.130 e. The van der Waals surface area contributed by atoms with Crippen molar-refractivity contribution in [2.45, 2.75) is 20.8 Å². The molecule has 0 aromatic heterocycles. The summed E-state index contributed by atoms with van der Waals surface area (Å²) in [5, 5.41) is 1.83. The van der Waals surface area contributed by atoms with Crippen LogP contribution in [0, 0.1) is 0 Å². The Hall–Kier alpha value is -0.170. The first-order valence-corrected chi connectivity index (χ1v) is 4.19. The Bertz CT molecular complexity index is 74.6. The van der Waals surface area contributed by atoms with Crippen molar-refractivity contribution in [2.75, 3.05) is 5.75 Å². The number of hydrogen-bond donors (Lipinski definition) is 0. The summed E-state index contributed by atoms with van der Waals surface area (Å²) in [5.41, 5.74) is 1.20. The molecule has 0 radical (unpaired) electrons. The first-order chi connectivity index (χ1) is 4.27. The van der Waals surface area contributed by atoms with Gasteiger partial charge in [0, 0.05) is 5.75 Å². The summed E-state index contributed by atoms with van der Waals surface area (Å²) in [6.45, 7) is 13.3. The van der Waals surface area contributed by atoms with Gasteiger partial charge in [0.05, 0.1) is 0 Å². The highest BCUT2D eigenvalue weighted by atomic mass is 32.2. The van der Waals surface area contributed by atoms with Crippen LogP contribution in [0.4, 0.5) is 0 Å². The van der Waals surface area contributed by atoms with E-state index in [9.17, 15) is 0 Å². The van der Waals surface area contributed by atoms with E-state index in [1.807, 2.05) is 26.2 Å². The maximum absolute atomic E-state index is 3.72. The van der Waals surface area contributed by atoms with Gasteiger partial charge in [-0.15, -0.1) is 11.8 Å². The smallest absolute Gasteiger partial charge is 0.0179 e. The highest BCUT2D eigenvalue weighted by Crippen LogP contribution is 2.04. The summed E-state index contributed by atoms with van der Waals surface area (Å²) in [4.78, 5) is 0. The standard InChI is InChI=1S/C6H10S.C2H6/c1-4-7-5-6(2)3;1-2/h4H,1-2,5H2,3H3;1-2H3. The Morgan fingerprint density at radius 2 is 2.00 bits per heavy atom. The summed E-state index contributed by atoms with van der Waals surface area (Å²) in [5.74, 6) is 1.00. The molecule has 9 heavy (non-hydrogen) atoms. The zero-order valence-corrected chi connectivity index (χ0v) is 7.42. The predicted octanol–water partition coefficient (Wildman–Crippen LogP) is 3.47. The molecule has 0 nitrogen and oxygen atoms in total. The fourth-order valence-electron chi connectivity index (χ4n) is 0.201. The lowest BCUT2D eigenvalue weighted by atomic mass is 10.4. The van der Waals surface area contributed by atoms with Crippen molar-refractivity contribution in [1.29, 1.82) is 0 Å². The van der Waals surface area contributed by atoms with Crippen LogP contribution in [0.5, 0.6) is 0 Å². The molecule has 0 aliphatic heterocycles. The Kier molecular flexibility index (Phi) is 13.9. The van der Waals surface area contributed by atoms with Crippen molar-refractivity contribution >= 4 is 11.8 Å². The third kappa shape index (κ3) is 18.1. The maximum atomic E-state index is 3.72. The molecule has 0 N–H and O–H groups in total. The second kappa shape index (κ2) is 10.7. The topological polar surface area (TPSA) is 0 Å². The summed E-state index contributed by atoms with van der Waals surface area (Å²) in [7, 11) is 0. The van der Waals surface area contributed by atoms with Crippen LogP contribution in [-0.2, 0) is 0 Å². The van der Waals surface area contributed by atoms with Crippen molar-refractivity contribution in [3.63, 3.8) is 0 Å². The molecule has 0 saturated carbocycles. The molecule has 0 aromatic carbocycles. The van der Waals surface area contributed by atoms with Crippen LogP contribution in [0.25, 0.3) is 0 Å². The van der Waals surface area contributed by atoms with E-state index in [4.69, 9.17) is 0 Å². The fourth-order valence-corrected chi connectivity index (χ4v) is 0.604. The number of rotatable bonds is 3. The zero-order valence-electron chi connectivity index (χ0n) is 6.61. The summed E-state index contributed by atoms with van der Waals surface area (Å²) in [6.07, 6.45) is 0. The van der Waals surface area contributed by atoms with Gasteiger partial charge in [-0.1, -0.05) is 32.6 Å². The van der Waals surface area contributed by atoms with Gasteiger partial charge in [-0.25, -0.2) is 0 Å². The first-order valence-electron chi connectivity index (χ1n) is 3.14. The molecule has 0 rings (SSSR count). The molecule has 0 bridgehead atoms. The minimum atomic E-state index is 1.00. The lowest BCUT2D eigenvalue weighted by Gasteiger charge is -1.88. The highest BCUT2D eigenvalue weighted by Gasteiger charge is 1.78. The zero-order chi connectivity index (χ0) is 7.70. The molecular formula is C8H16S. The van der Waals surface area contributed by atoms with Crippen LogP contribution in [0.15, 0.2) is 24.1 Å². The van der Waals surface area contributed by atoms with Crippen LogP contribution in [-0.4, -0.2) is 5.75 Å². The molecule has 0 unspecified atom stereocenters. The van der Waals surface area contributed by atoms with Gasteiger partial charge >= 0.3 is 0 Å². The first kappa shape index (κ1) is 11.6. The van der Waals surface area contributed by atoms with Gasteiger partial charge in [-0.3, -0.25) is 0 Å². The number of hydrogen-bond acceptors (Lipinski definition) is 1. The number of thioether (sulfide) groups is 1. The lowest BCUT2D eigenvalue weighted by molar-refractivity contribution is 1.44. The molecule has 1 heteroatoms. The van der Waals surface area contributed by atoms with Gasteiger partial charge in [0.1, 0.15) is 0 Å². The molecule has 0 atom stereocenters. The van der Waals surface area contributed by atoms with E-state index >= 15 is 0 Å². The molecule has 0 heterocycles. The largest absolute Gasteiger partial charge is 0.130 e. The minimum absolute atomic E-state index is 1.00. The second-order valence-electron chi connectivity index (χ2n) is 1.43. The van der Waals surface area contributed by atoms with Crippen LogP contribution in [0.2, 0.25) is 0 Å². The van der Waals surface area contributed by atoms with E-state index in [0.29, 0.717) is 0 Å². The van der Waals surface area contributed by atoms with Gasteiger partial charge in [0.15, 0.2) is 0 Å². The molecular weight excluding hydrogens is 128 g/mol. The Balaban J connectivity index is 0. The van der Waals surface area contributed by atoms with Crippen LogP contribution < -0.4 is 0 Å². The summed E-state index contributed by atoms with van der Waals surface area (Å²) >= 11 is 1.68. The van der Waals surface area contributed by atoms with E-state index in [0.717, 1.165) is 5.75 Å². The lowest BCUT2D eigenvalue weighted by Crippen LogP contribution is -1.71. The SMILES string of the molecule is C=CSCC(=C)C.CC. The average Bonchev–Trinajstić information content (AvgIpc) is 1.88. The Morgan fingerprint density at radius 1 is 1.56 bits per heavy atom. The second-order valence-corrected chi connectivity index (χ2v) is 2.39. The van der Waals surface area contributed by atoms with Gasteiger partial charge in [0.2, 0.25) is 0 Å². The van der Waals surface area contributed by atoms with Crippen molar-refractivity contribution in [3.05, 3.63) is 24.1 Å². The monoisotopic (exact) mass is 144 g/mol. The quantitative estimate of drug-likeness (QED) is 0.547. The van der Waals surface area contributed by atoms with E-state index in [2.05, 4.69) is 13.2 Å². The van der Waals surface area contributed by atoms with E-state index in [-0.39, 0.29) is 0 Å². The van der Waals surface area contributed by atoms with Crippen LogP contribution in [0.3, 0.4) is 0 Å². The third-order valence-corrected chi connectivity index (χ3v) is 1.34. The van der Waals surface area contributed by atoms with Gasteiger partial charge < -0.3 is 0 Å². The van der Waals surface area contributed by atoms with Crippen molar-refractivity contribution in [3.8, 4) is 0 Å². The van der Waals surface area contributed by atoms with E-state index in [1.165, 1.54) is 5.57 Å². The Morgan fingerprint density at radius 3 is 2.11 bits per heavy atom. The molecule has 0 spiro atoms. The van der Waals surface area contributed by atoms with Crippen molar-refractivity contribution in [1.82, 2.24) is 0 Å². The third-order valence-electron chi connectivity index (χ3n) is 0.448. The average molecular weight is 144 g/mol. The van der Waals surface area contributed by atoms with Crippen LogP contribution >= 0.6 is 11.8 Å². The summed E-state index contributed by atoms with van der Waals surface area (Å²) in [6, 6.07) is 0. The molecule has 0 fully saturated rings. The highest BCUT2D eigenvalue weighted by molar-refractivity contribution is 8.02. The van der Waals surface area contributed by atoms with E-state index < -0.39 is 0 Å². The van der Waals surface area contributed by atoms with Crippen LogP contribution in [0.1, 0.15) is 20.8 Å². The molecule has 0 saturated heterocycles. The predicted molar refractivity (Wildman–Crippen MR) is 48.8 cm³/mol. The molecule has 0 aliphatic rings. The van der Waals surface area contributed by atoms with E-state index in [1.54, 1.807) is 11.8 Å². The summed E-state index contributed by atoms with van der Waals surface area (Å²) < 4.78 is 0. The van der Waals surface area contributed by atoms with Gasteiger partial charge in [-0.2, -0.15) is 0 Å². The van der Waals surface area contributed by atoms with Crippen molar-refractivity contribution < 1.29 is 0 Å².